The fourth-order valence-electron chi connectivity index (χ4n) is 2.62. The van der Waals surface area contributed by atoms with Gasteiger partial charge in [-0.05, 0) is 29.1 Å². The lowest BCUT2D eigenvalue weighted by atomic mass is 10.1. The van der Waals surface area contributed by atoms with Crippen LogP contribution in [0.5, 0.6) is 0 Å². The third kappa shape index (κ3) is 3.93. The van der Waals surface area contributed by atoms with E-state index in [2.05, 4.69) is 15.5 Å². The van der Waals surface area contributed by atoms with E-state index < -0.39 is 0 Å². The van der Waals surface area contributed by atoms with Gasteiger partial charge in [-0.3, -0.25) is 4.79 Å². The van der Waals surface area contributed by atoms with Gasteiger partial charge in [0.15, 0.2) is 0 Å². The number of halogens is 1. The maximum atomic E-state index is 13.3. The Kier molecular flexibility index (Phi) is 4.76. The molecule has 2 heterocycles. The topological polar surface area (TPSA) is 68.0 Å². The molecule has 27 heavy (non-hydrogen) atoms. The second-order valence-electron chi connectivity index (χ2n) is 5.81. The fraction of sp³-hybridized carbons (Fsp3) is 0.0500. The van der Waals surface area contributed by atoms with Crippen molar-refractivity contribution in [1.82, 2.24) is 10.1 Å². The van der Waals surface area contributed by atoms with E-state index in [0.29, 0.717) is 27.8 Å². The Bertz CT molecular complexity index is 1080. The van der Waals surface area contributed by atoms with Crippen molar-refractivity contribution >= 4 is 22.9 Å². The lowest BCUT2D eigenvalue weighted by Gasteiger charge is -2.05. The molecule has 4 aromatic rings. The number of hydrogen-bond acceptors (Lipinski definition) is 5. The molecule has 1 amide bonds. The lowest BCUT2D eigenvalue weighted by molar-refractivity contribution is -0.115. The van der Waals surface area contributed by atoms with Crippen LogP contribution in [0.4, 0.5) is 10.1 Å². The molecule has 0 spiro atoms. The summed E-state index contributed by atoms with van der Waals surface area (Å²) in [6.45, 7) is 0. The Hall–Kier alpha value is -3.32. The summed E-state index contributed by atoms with van der Waals surface area (Å²) in [7, 11) is 0. The highest BCUT2D eigenvalue weighted by atomic mass is 32.1. The third-order valence-corrected chi connectivity index (χ3v) is 4.75. The molecule has 0 saturated carbocycles. The summed E-state index contributed by atoms with van der Waals surface area (Å²) in [5.41, 5.74) is 2.04. The van der Waals surface area contributed by atoms with Crippen LogP contribution in [0, 0.1) is 5.82 Å². The number of amides is 1. The minimum atomic E-state index is -0.365. The standard InChI is InChI=1S/C20H14FN3O2S/c21-15-8-4-5-13(11-15)12-17(25)22-16-9-10-27-18(16)20-23-19(24-26-20)14-6-2-1-3-7-14/h1-11H,12H2,(H,22,25). The molecule has 2 aromatic carbocycles. The molecule has 0 saturated heterocycles. The molecule has 0 aliphatic heterocycles. The lowest BCUT2D eigenvalue weighted by Crippen LogP contribution is -2.14. The number of rotatable bonds is 5. The monoisotopic (exact) mass is 379 g/mol. The molecule has 0 unspecified atom stereocenters. The van der Waals surface area contributed by atoms with Gasteiger partial charge in [-0.15, -0.1) is 11.3 Å². The second kappa shape index (κ2) is 7.51. The highest BCUT2D eigenvalue weighted by Gasteiger charge is 2.17. The molecule has 0 bridgehead atoms. The maximum Gasteiger partial charge on any atom is 0.270 e. The van der Waals surface area contributed by atoms with Crippen molar-refractivity contribution in [1.29, 1.82) is 0 Å². The van der Waals surface area contributed by atoms with E-state index in [4.69, 9.17) is 4.52 Å². The van der Waals surface area contributed by atoms with Gasteiger partial charge in [-0.1, -0.05) is 47.6 Å². The van der Waals surface area contributed by atoms with Gasteiger partial charge >= 0.3 is 0 Å². The maximum absolute atomic E-state index is 13.3. The fourth-order valence-corrected chi connectivity index (χ4v) is 3.39. The van der Waals surface area contributed by atoms with Gasteiger partial charge in [0.05, 0.1) is 12.1 Å². The Morgan fingerprint density at radius 2 is 1.96 bits per heavy atom. The minimum absolute atomic E-state index is 0.0755. The molecular weight excluding hydrogens is 365 g/mol. The highest BCUT2D eigenvalue weighted by molar-refractivity contribution is 7.14. The molecule has 0 fully saturated rings. The molecule has 2 aromatic heterocycles. The van der Waals surface area contributed by atoms with Crippen molar-refractivity contribution in [3.63, 3.8) is 0 Å². The van der Waals surface area contributed by atoms with Crippen LogP contribution in [0.15, 0.2) is 70.6 Å². The first-order valence-electron chi connectivity index (χ1n) is 8.20. The molecule has 0 aliphatic carbocycles. The van der Waals surface area contributed by atoms with Crippen molar-refractivity contribution in [2.45, 2.75) is 6.42 Å². The average Bonchev–Trinajstić information content (AvgIpc) is 3.31. The first-order valence-corrected chi connectivity index (χ1v) is 9.08. The summed E-state index contributed by atoms with van der Waals surface area (Å²) in [5.74, 6) is 0.208. The van der Waals surface area contributed by atoms with Gasteiger partial charge in [0.2, 0.25) is 11.7 Å². The van der Waals surface area contributed by atoms with Gasteiger partial charge in [-0.2, -0.15) is 4.98 Å². The summed E-state index contributed by atoms with van der Waals surface area (Å²) in [4.78, 5) is 17.4. The van der Waals surface area contributed by atoms with E-state index in [-0.39, 0.29) is 18.1 Å². The molecule has 5 nitrogen and oxygen atoms in total. The molecule has 134 valence electrons. The molecule has 7 heteroatoms. The van der Waals surface area contributed by atoms with Crippen molar-refractivity contribution in [2.24, 2.45) is 0 Å². The average molecular weight is 379 g/mol. The number of thiophene rings is 1. The predicted molar refractivity (Wildman–Crippen MR) is 102 cm³/mol. The Balaban J connectivity index is 1.51. The van der Waals surface area contributed by atoms with Gasteiger partial charge in [-0.25, -0.2) is 4.39 Å². The molecule has 0 atom stereocenters. The number of nitrogens with zero attached hydrogens (tertiary/aromatic N) is 2. The summed E-state index contributed by atoms with van der Waals surface area (Å²) in [5, 5.41) is 8.67. The van der Waals surface area contributed by atoms with E-state index in [1.165, 1.54) is 23.5 Å². The van der Waals surface area contributed by atoms with Crippen LogP contribution in [0.3, 0.4) is 0 Å². The largest absolute Gasteiger partial charge is 0.333 e. The van der Waals surface area contributed by atoms with Crippen LogP contribution in [-0.4, -0.2) is 16.0 Å². The molecule has 4 rings (SSSR count). The zero-order valence-corrected chi connectivity index (χ0v) is 14.9. The van der Waals surface area contributed by atoms with E-state index >= 15 is 0 Å². The molecular formula is C20H14FN3O2S. The SMILES string of the molecule is O=C(Cc1cccc(F)c1)Nc1ccsc1-c1nc(-c2ccccc2)no1. The zero-order chi connectivity index (χ0) is 18.6. The highest BCUT2D eigenvalue weighted by Crippen LogP contribution is 2.33. The summed E-state index contributed by atoms with van der Waals surface area (Å²) < 4.78 is 18.6. The Morgan fingerprint density at radius 1 is 1.11 bits per heavy atom. The summed E-state index contributed by atoms with van der Waals surface area (Å²) in [6.07, 6.45) is 0.0755. The van der Waals surface area contributed by atoms with E-state index in [9.17, 15) is 9.18 Å². The quantitative estimate of drug-likeness (QED) is 0.542. The van der Waals surface area contributed by atoms with Crippen LogP contribution < -0.4 is 5.32 Å². The zero-order valence-electron chi connectivity index (χ0n) is 14.1. The molecule has 0 radical (unpaired) electrons. The number of aromatic nitrogens is 2. The van der Waals surface area contributed by atoms with Crippen LogP contribution in [0.2, 0.25) is 0 Å². The van der Waals surface area contributed by atoms with Crippen molar-refractivity contribution in [2.75, 3.05) is 5.32 Å². The number of carbonyl (C=O) groups excluding carboxylic acids is 1. The van der Waals surface area contributed by atoms with Gasteiger partial charge in [0.25, 0.3) is 5.89 Å². The third-order valence-electron chi connectivity index (χ3n) is 3.85. The van der Waals surface area contributed by atoms with Crippen LogP contribution in [-0.2, 0) is 11.2 Å². The number of carbonyl (C=O) groups is 1. The summed E-state index contributed by atoms with van der Waals surface area (Å²) >= 11 is 1.39. The minimum Gasteiger partial charge on any atom is -0.333 e. The normalized spacial score (nSPS) is 10.7. The summed E-state index contributed by atoms with van der Waals surface area (Å²) in [6, 6.07) is 17.2. The predicted octanol–water partition coefficient (Wildman–Crippen LogP) is 4.79. The van der Waals surface area contributed by atoms with E-state index in [1.807, 2.05) is 35.7 Å². The first kappa shape index (κ1) is 17.1. The van der Waals surface area contributed by atoms with E-state index in [1.54, 1.807) is 18.2 Å². The Labute approximate surface area is 158 Å². The van der Waals surface area contributed by atoms with Crippen LogP contribution in [0.1, 0.15) is 5.56 Å². The molecule has 1 N–H and O–H groups in total. The number of hydrogen-bond donors (Lipinski definition) is 1. The molecule has 0 aliphatic rings. The number of anilines is 1. The van der Waals surface area contributed by atoms with Crippen molar-refractivity contribution in [3.8, 4) is 22.2 Å². The van der Waals surface area contributed by atoms with Crippen molar-refractivity contribution in [3.05, 3.63) is 77.4 Å². The first-order chi connectivity index (χ1) is 13.2. The number of benzene rings is 2. The second-order valence-corrected chi connectivity index (χ2v) is 6.72. The smallest absolute Gasteiger partial charge is 0.270 e. The van der Waals surface area contributed by atoms with E-state index in [0.717, 1.165) is 5.56 Å². The van der Waals surface area contributed by atoms with Crippen molar-refractivity contribution < 1.29 is 13.7 Å². The van der Waals surface area contributed by atoms with Gasteiger partial charge in [0.1, 0.15) is 10.7 Å². The number of nitrogens with one attached hydrogen (secondary N) is 1. The van der Waals surface area contributed by atoms with Crippen LogP contribution in [0.25, 0.3) is 22.2 Å². The van der Waals surface area contributed by atoms with Gasteiger partial charge < -0.3 is 9.84 Å². The Morgan fingerprint density at radius 3 is 2.78 bits per heavy atom. The van der Waals surface area contributed by atoms with Crippen LogP contribution >= 0.6 is 11.3 Å². The van der Waals surface area contributed by atoms with Gasteiger partial charge in [0, 0.05) is 5.56 Å².